The molecule has 0 unspecified atom stereocenters. The summed E-state index contributed by atoms with van der Waals surface area (Å²) < 4.78 is 0. The number of aliphatic hydroxyl groups excluding tert-OH is 1. The van der Waals surface area contributed by atoms with Gasteiger partial charge in [-0.3, -0.25) is 14.4 Å². The van der Waals surface area contributed by atoms with Gasteiger partial charge in [0.15, 0.2) is 0 Å². The Morgan fingerprint density at radius 3 is 2.23 bits per heavy atom. The number of nitrogens with zero attached hydrogens (tertiary/aromatic N) is 2. The fraction of sp³-hybridized carbons (Fsp3) is 0.484. The van der Waals surface area contributed by atoms with E-state index < -0.39 is 17.8 Å². The van der Waals surface area contributed by atoms with E-state index >= 15 is 0 Å². The van der Waals surface area contributed by atoms with Crippen LogP contribution in [0.5, 0.6) is 0 Å². The molecule has 2 aromatic rings. The van der Waals surface area contributed by atoms with Crippen LogP contribution in [0.15, 0.2) is 59.6 Å². The van der Waals surface area contributed by atoms with Crippen molar-refractivity contribution in [3.05, 3.63) is 65.7 Å². The van der Waals surface area contributed by atoms with Crippen molar-refractivity contribution in [1.82, 2.24) is 10.6 Å². The third kappa shape index (κ3) is 5.22. The first-order valence-electron chi connectivity index (χ1n) is 14.1. The van der Waals surface area contributed by atoms with Crippen LogP contribution >= 0.6 is 0 Å². The van der Waals surface area contributed by atoms with E-state index in [-0.39, 0.29) is 36.0 Å². The number of aliphatic hydroxyl groups is 1. The molecule has 1 heterocycles. The van der Waals surface area contributed by atoms with Crippen LogP contribution in [0, 0.1) is 11.8 Å². The quantitative estimate of drug-likeness (QED) is 0.460. The maximum Gasteiger partial charge on any atom is 0.272 e. The lowest BCUT2D eigenvalue weighted by molar-refractivity contribution is -0.145. The minimum atomic E-state index is -1.14. The SMILES string of the molecule is C[C@H](O)CCC(=O)NC(C(=O)N[C@H]1N=C(c2ccccc2)c2ccccc2N(C)C1=O)(C1CCC1)C1CCC1. The van der Waals surface area contributed by atoms with Gasteiger partial charge in [-0.2, -0.15) is 0 Å². The van der Waals surface area contributed by atoms with Crippen molar-refractivity contribution in [3.63, 3.8) is 0 Å². The lowest BCUT2D eigenvalue weighted by Gasteiger charge is -2.52. The van der Waals surface area contributed by atoms with Crippen molar-refractivity contribution in [3.8, 4) is 0 Å². The number of aliphatic imine (C=N–C) groups is 1. The number of para-hydroxylation sites is 1. The van der Waals surface area contributed by atoms with Crippen LogP contribution in [-0.2, 0) is 14.4 Å². The molecule has 1 aliphatic heterocycles. The van der Waals surface area contributed by atoms with Crippen LogP contribution in [0.4, 0.5) is 5.69 Å². The number of rotatable bonds is 9. The molecule has 0 bridgehead atoms. The molecule has 0 spiro atoms. The van der Waals surface area contributed by atoms with Gasteiger partial charge in [-0.15, -0.1) is 0 Å². The second kappa shape index (κ2) is 11.3. The van der Waals surface area contributed by atoms with Gasteiger partial charge in [0.25, 0.3) is 5.91 Å². The zero-order valence-electron chi connectivity index (χ0n) is 22.7. The molecule has 0 aromatic heterocycles. The number of benzene rings is 2. The van der Waals surface area contributed by atoms with Gasteiger partial charge in [-0.1, -0.05) is 61.4 Å². The molecule has 2 aliphatic carbocycles. The molecule has 5 rings (SSSR count). The van der Waals surface area contributed by atoms with Crippen molar-refractivity contribution in [2.75, 3.05) is 11.9 Å². The van der Waals surface area contributed by atoms with Gasteiger partial charge < -0.3 is 20.6 Å². The smallest absolute Gasteiger partial charge is 0.272 e. The standard InChI is InChI=1S/C31H38N4O4/c1-20(36)18-19-26(37)34-31(22-12-8-13-22,23-14-9-15-23)30(39)33-28-29(38)35(2)25-17-7-6-16-24(25)27(32-28)21-10-4-3-5-11-21/h3-7,10-11,16-17,20,22-23,28,36H,8-9,12-15,18-19H2,1-2H3,(H,33,39)(H,34,37)/t20-,28+/m0/s1. The van der Waals surface area contributed by atoms with Crippen LogP contribution in [0.25, 0.3) is 0 Å². The van der Waals surface area contributed by atoms with Gasteiger partial charge in [0.05, 0.1) is 17.5 Å². The highest BCUT2D eigenvalue weighted by molar-refractivity contribution is 6.20. The number of nitrogens with one attached hydrogen (secondary N) is 2. The number of hydrogen-bond donors (Lipinski definition) is 3. The summed E-state index contributed by atoms with van der Waals surface area (Å²) in [6.45, 7) is 1.65. The van der Waals surface area contributed by atoms with E-state index in [2.05, 4.69) is 10.6 Å². The number of likely N-dealkylation sites (N-methyl/N-ethyl adjacent to an activating group) is 1. The minimum Gasteiger partial charge on any atom is -0.393 e. The van der Waals surface area contributed by atoms with E-state index in [0.29, 0.717) is 12.1 Å². The van der Waals surface area contributed by atoms with Crippen molar-refractivity contribution < 1.29 is 19.5 Å². The lowest BCUT2D eigenvalue weighted by atomic mass is 9.58. The van der Waals surface area contributed by atoms with E-state index in [4.69, 9.17) is 4.99 Å². The Labute approximate surface area is 229 Å². The average molecular weight is 531 g/mol. The molecule has 3 aliphatic rings. The molecule has 0 radical (unpaired) electrons. The Balaban J connectivity index is 1.51. The molecule has 2 saturated carbocycles. The Morgan fingerprint density at radius 2 is 1.64 bits per heavy atom. The second-order valence-electron chi connectivity index (χ2n) is 11.2. The van der Waals surface area contributed by atoms with Crippen molar-refractivity contribution >= 4 is 29.1 Å². The predicted octanol–water partition coefficient (Wildman–Crippen LogP) is 3.56. The van der Waals surface area contributed by atoms with Crippen LogP contribution in [-0.4, -0.2) is 53.4 Å². The number of carbonyl (C=O) groups excluding carboxylic acids is 3. The summed E-state index contributed by atoms with van der Waals surface area (Å²) in [7, 11) is 1.70. The van der Waals surface area contributed by atoms with Crippen LogP contribution in [0.3, 0.4) is 0 Å². The van der Waals surface area contributed by atoms with Gasteiger partial charge in [-0.25, -0.2) is 4.99 Å². The second-order valence-corrected chi connectivity index (χ2v) is 11.2. The topological polar surface area (TPSA) is 111 Å². The zero-order valence-corrected chi connectivity index (χ0v) is 22.7. The Bertz CT molecular complexity index is 1240. The first-order valence-corrected chi connectivity index (χ1v) is 14.1. The van der Waals surface area contributed by atoms with Gasteiger partial charge in [0.2, 0.25) is 18.0 Å². The molecular formula is C31H38N4O4. The Morgan fingerprint density at radius 1 is 1.03 bits per heavy atom. The van der Waals surface area contributed by atoms with Gasteiger partial charge >= 0.3 is 0 Å². The van der Waals surface area contributed by atoms with Crippen LogP contribution in [0.2, 0.25) is 0 Å². The zero-order chi connectivity index (χ0) is 27.6. The minimum absolute atomic E-state index is 0.00619. The lowest BCUT2D eigenvalue weighted by Crippen LogP contribution is -2.70. The number of hydrogen-bond acceptors (Lipinski definition) is 5. The number of benzodiazepines with no additional fused rings is 1. The summed E-state index contributed by atoms with van der Waals surface area (Å²) in [6.07, 6.45) is 4.14. The summed E-state index contributed by atoms with van der Waals surface area (Å²) >= 11 is 0. The third-order valence-electron chi connectivity index (χ3n) is 8.67. The van der Waals surface area contributed by atoms with E-state index in [1.807, 2.05) is 54.6 Å². The molecule has 8 nitrogen and oxygen atoms in total. The highest BCUT2D eigenvalue weighted by Gasteiger charge is 2.56. The fourth-order valence-corrected chi connectivity index (χ4v) is 6.01. The molecule has 2 aromatic carbocycles. The van der Waals surface area contributed by atoms with E-state index in [9.17, 15) is 19.5 Å². The summed E-state index contributed by atoms with van der Waals surface area (Å²) in [5.41, 5.74) is 1.92. The van der Waals surface area contributed by atoms with E-state index in [0.717, 1.165) is 55.3 Å². The Hall–Kier alpha value is -3.52. The third-order valence-corrected chi connectivity index (χ3v) is 8.67. The molecule has 2 atom stereocenters. The highest BCUT2D eigenvalue weighted by atomic mass is 16.3. The number of amides is 3. The van der Waals surface area contributed by atoms with Crippen molar-refractivity contribution in [2.45, 2.75) is 76.1 Å². The first-order chi connectivity index (χ1) is 18.8. The van der Waals surface area contributed by atoms with Gasteiger partial charge in [0.1, 0.15) is 5.54 Å². The molecular weight excluding hydrogens is 492 g/mol. The summed E-state index contributed by atoms with van der Waals surface area (Å²) in [6, 6.07) is 17.3. The van der Waals surface area contributed by atoms with Gasteiger partial charge in [-0.05, 0) is 56.9 Å². The molecule has 206 valence electrons. The summed E-state index contributed by atoms with van der Waals surface area (Å²) in [5, 5.41) is 15.9. The fourth-order valence-electron chi connectivity index (χ4n) is 6.01. The molecule has 8 heteroatoms. The number of anilines is 1. The maximum atomic E-state index is 14.3. The molecule has 2 fully saturated rings. The molecule has 3 N–H and O–H groups in total. The average Bonchev–Trinajstić information content (AvgIpc) is 2.96. The number of fused-ring (bicyclic) bond motifs is 1. The van der Waals surface area contributed by atoms with Crippen LogP contribution in [0.1, 0.15) is 69.4 Å². The molecule has 0 saturated heterocycles. The first kappa shape index (κ1) is 27.1. The van der Waals surface area contributed by atoms with Crippen LogP contribution < -0.4 is 15.5 Å². The van der Waals surface area contributed by atoms with Crippen molar-refractivity contribution in [1.29, 1.82) is 0 Å². The maximum absolute atomic E-state index is 14.3. The van der Waals surface area contributed by atoms with E-state index in [1.54, 1.807) is 18.9 Å². The highest BCUT2D eigenvalue weighted by Crippen LogP contribution is 2.48. The van der Waals surface area contributed by atoms with Crippen molar-refractivity contribution in [2.24, 2.45) is 16.8 Å². The number of carbonyl (C=O) groups is 3. The normalized spacial score (nSPS) is 20.6. The summed E-state index contributed by atoms with van der Waals surface area (Å²) in [5.74, 6) is -0.900. The monoisotopic (exact) mass is 530 g/mol. The molecule has 3 amide bonds. The Kier molecular flexibility index (Phi) is 7.84. The summed E-state index contributed by atoms with van der Waals surface area (Å²) in [4.78, 5) is 47.6. The molecule has 39 heavy (non-hydrogen) atoms. The predicted molar refractivity (Wildman–Crippen MR) is 150 cm³/mol. The largest absolute Gasteiger partial charge is 0.393 e. The van der Waals surface area contributed by atoms with E-state index in [1.165, 1.54) is 0 Å². The van der Waals surface area contributed by atoms with Gasteiger partial charge in [0, 0.05) is 24.6 Å².